The van der Waals surface area contributed by atoms with Crippen molar-refractivity contribution in [2.24, 2.45) is 20.7 Å². The van der Waals surface area contributed by atoms with Gasteiger partial charge >= 0.3 is 0 Å². The SMILES string of the molecule is CN=C(N)C(=NC)C(=NC)NCc1ccccc1C. The fraction of sp³-hybridized carbons (Fsp3) is 0.357. The monoisotopic (exact) mass is 259 g/mol. The van der Waals surface area contributed by atoms with Gasteiger partial charge in [0.05, 0.1) is 0 Å². The minimum absolute atomic E-state index is 0.375. The minimum Gasteiger partial charge on any atom is -0.382 e. The van der Waals surface area contributed by atoms with Crippen LogP contribution in [0.3, 0.4) is 0 Å². The molecule has 0 aliphatic rings. The molecule has 0 saturated heterocycles. The van der Waals surface area contributed by atoms with Gasteiger partial charge in [-0.3, -0.25) is 15.0 Å². The summed E-state index contributed by atoms with van der Waals surface area (Å²) in [5.41, 5.74) is 8.83. The van der Waals surface area contributed by atoms with Gasteiger partial charge in [0, 0.05) is 27.7 Å². The van der Waals surface area contributed by atoms with Crippen molar-refractivity contribution >= 4 is 17.4 Å². The van der Waals surface area contributed by atoms with Crippen molar-refractivity contribution in [2.75, 3.05) is 21.1 Å². The Bertz CT molecular complexity index is 514. The third kappa shape index (κ3) is 3.91. The van der Waals surface area contributed by atoms with Crippen molar-refractivity contribution in [3.05, 3.63) is 35.4 Å². The van der Waals surface area contributed by atoms with Gasteiger partial charge in [0.2, 0.25) is 0 Å². The number of hydrogen-bond acceptors (Lipinski definition) is 3. The molecule has 0 aromatic heterocycles. The predicted octanol–water partition coefficient (Wildman–Crippen LogP) is 1.17. The number of rotatable bonds is 4. The molecule has 0 aliphatic carbocycles. The van der Waals surface area contributed by atoms with Gasteiger partial charge < -0.3 is 11.1 Å². The molecule has 0 radical (unpaired) electrons. The van der Waals surface area contributed by atoms with Crippen LogP contribution in [0.2, 0.25) is 0 Å². The summed E-state index contributed by atoms with van der Waals surface area (Å²) in [4.78, 5) is 12.3. The van der Waals surface area contributed by atoms with E-state index in [0.29, 0.717) is 23.9 Å². The Hall–Kier alpha value is -2.17. The Morgan fingerprint density at radius 1 is 1.11 bits per heavy atom. The lowest BCUT2D eigenvalue weighted by Gasteiger charge is -2.12. The van der Waals surface area contributed by atoms with E-state index in [-0.39, 0.29) is 0 Å². The molecule has 0 fully saturated rings. The molecule has 0 spiro atoms. The lowest BCUT2D eigenvalue weighted by molar-refractivity contribution is 0.910. The lowest BCUT2D eigenvalue weighted by Crippen LogP contribution is -2.39. The summed E-state index contributed by atoms with van der Waals surface area (Å²) in [7, 11) is 5.01. The summed E-state index contributed by atoms with van der Waals surface area (Å²) in [6, 6.07) is 8.20. The molecule has 0 bridgehead atoms. The summed E-state index contributed by atoms with van der Waals surface area (Å²) in [6.07, 6.45) is 0. The Balaban J connectivity index is 2.83. The second-order valence-corrected chi connectivity index (χ2v) is 4.03. The number of amidine groups is 2. The topological polar surface area (TPSA) is 75.1 Å². The number of aryl methyl sites for hydroxylation is 1. The third-order valence-electron chi connectivity index (χ3n) is 2.86. The van der Waals surface area contributed by atoms with Gasteiger partial charge in [0.1, 0.15) is 11.5 Å². The molecule has 5 nitrogen and oxygen atoms in total. The maximum atomic E-state index is 5.80. The summed E-state index contributed by atoms with van der Waals surface area (Å²) in [6.45, 7) is 2.76. The van der Waals surface area contributed by atoms with Crippen LogP contribution < -0.4 is 11.1 Å². The fourth-order valence-corrected chi connectivity index (χ4v) is 1.70. The Morgan fingerprint density at radius 2 is 1.79 bits per heavy atom. The van der Waals surface area contributed by atoms with Crippen LogP contribution >= 0.6 is 0 Å². The number of hydrogen-bond donors (Lipinski definition) is 2. The summed E-state index contributed by atoms with van der Waals surface area (Å²) in [5, 5.41) is 3.25. The standard InChI is InChI=1S/C14H21N5/c1-10-7-5-6-8-11(10)9-19-14(18-4)12(16-2)13(15)17-3/h5-8H,9H2,1-4H3,(H2,15,17)(H,18,19). The highest BCUT2D eigenvalue weighted by Crippen LogP contribution is 2.06. The first-order valence-electron chi connectivity index (χ1n) is 6.09. The predicted molar refractivity (Wildman–Crippen MR) is 82.3 cm³/mol. The molecule has 1 aromatic carbocycles. The quantitative estimate of drug-likeness (QED) is 0.629. The van der Waals surface area contributed by atoms with Gasteiger partial charge in [0.25, 0.3) is 0 Å². The highest BCUT2D eigenvalue weighted by Gasteiger charge is 2.11. The molecule has 0 heterocycles. The molecule has 0 unspecified atom stereocenters. The van der Waals surface area contributed by atoms with Gasteiger partial charge in [-0.2, -0.15) is 0 Å². The van der Waals surface area contributed by atoms with E-state index in [9.17, 15) is 0 Å². The molecule has 19 heavy (non-hydrogen) atoms. The first-order chi connectivity index (χ1) is 9.13. The Kier molecular flexibility index (Phi) is 5.73. The van der Waals surface area contributed by atoms with Gasteiger partial charge in [-0.1, -0.05) is 24.3 Å². The molecule has 3 N–H and O–H groups in total. The third-order valence-corrected chi connectivity index (χ3v) is 2.86. The molecular weight excluding hydrogens is 238 g/mol. The average molecular weight is 259 g/mol. The normalized spacial score (nSPS) is 13.6. The average Bonchev–Trinajstić information content (AvgIpc) is 2.44. The van der Waals surface area contributed by atoms with Crippen molar-refractivity contribution in [3.63, 3.8) is 0 Å². The van der Waals surface area contributed by atoms with E-state index in [1.54, 1.807) is 21.1 Å². The number of aliphatic imine (C=N–C) groups is 3. The van der Waals surface area contributed by atoms with E-state index in [4.69, 9.17) is 5.73 Å². The zero-order valence-corrected chi connectivity index (χ0v) is 11.9. The van der Waals surface area contributed by atoms with Gasteiger partial charge in [-0.05, 0) is 18.1 Å². The van der Waals surface area contributed by atoms with Gasteiger partial charge in [-0.15, -0.1) is 0 Å². The van der Waals surface area contributed by atoms with Crippen LogP contribution in [0.15, 0.2) is 39.2 Å². The highest BCUT2D eigenvalue weighted by molar-refractivity contribution is 6.67. The summed E-state index contributed by atoms with van der Waals surface area (Å²) < 4.78 is 0. The van der Waals surface area contributed by atoms with Crippen LogP contribution in [0.4, 0.5) is 0 Å². The molecule has 0 amide bonds. The maximum Gasteiger partial charge on any atom is 0.150 e. The van der Waals surface area contributed by atoms with E-state index in [1.165, 1.54) is 11.1 Å². The fourth-order valence-electron chi connectivity index (χ4n) is 1.70. The minimum atomic E-state index is 0.375. The van der Waals surface area contributed by atoms with Crippen LogP contribution in [-0.4, -0.2) is 38.5 Å². The summed E-state index contributed by atoms with van der Waals surface area (Å²) >= 11 is 0. The van der Waals surface area contributed by atoms with Crippen LogP contribution in [0.5, 0.6) is 0 Å². The van der Waals surface area contributed by atoms with Gasteiger partial charge in [-0.25, -0.2) is 0 Å². The summed E-state index contributed by atoms with van der Waals surface area (Å²) in [5.74, 6) is 1.02. The van der Waals surface area contributed by atoms with E-state index in [1.807, 2.05) is 12.1 Å². The molecule has 0 atom stereocenters. The van der Waals surface area contributed by atoms with Crippen LogP contribution in [0.25, 0.3) is 0 Å². The number of benzene rings is 1. The van der Waals surface area contributed by atoms with E-state index < -0.39 is 0 Å². The highest BCUT2D eigenvalue weighted by atomic mass is 15.0. The molecule has 0 saturated carbocycles. The molecule has 1 rings (SSSR count). The molecular formula is C14H21N5. The zero-order chi connectivity index (χ0) is 14.3. The first-order valence-corrected chi connectivity index (χ1v) is 6.09. The van der Waals surface area contributed by atoms with Gasteiger partial charge in [0.15, 0.2) is 5.84 Å². The number of nitrogens with two attached hydrogens (primary N) is 1. The van der Waals surface area contributed by atoms with Crippen molar-refractivity contribution in [3.8, 4) is 0 Å². The molecule has 5 heteroatoms. The van der Waals surface area contributed by atoms with E-state index >= 15 is 0 Å². The second-order valence-electron chi connectivity index (χ2n) is 4.03. The van der Waals surface area contributed by atoms with Crippen LogP contribution in [0.1, 0.15) is 11.1 Å². The van der Waals surface area contributed by atoms with E-state index in [0.717, 1.165) is 0 Å². The first kappa shape index (κ1) is 14.9. The second kappa shape index (κ2) is 7.31. The Labute approximate surface area is 114 Å². The number of nitrogens with zero attached hydrogens (tertiary/aromatic N) is 3. The van der Waals surface area contributed by atoms with Crippen molar-refractivity contribution in [1.29, 1.82) is 0 Å². The van der Waals surface area contributed by atoms with Crippen LogP contribution in [-0.2, 0) is 6.54 Å². The molecule has 102 valence electrons. The smallest absolute Gasteiger partial charge is 0.150 e. The Morgan fingerprint density at radius 3 is 2.32 bits per heavy atom. The largest absolute Gasteiger partial charge is 0.382 e. The van der Waals surface area contributed by atoms with Crippen molar-refractivity contribution in [1.82, 2.24) is 5.32 Å². The van der Waals surface area contributed by atoms with E-state index in [2.05, 4.69) is 39.4 Å². The van der Waals surface area contributed by atoms with Crippen LogP contribution in [0, 0.1) is 6.92 Å². The van der Waals surface area contributed by atoms with Crippen molar-refractivity contribution < 1.29 is 0 Å². The number of nitrogens with one attached hydrogen (secondary N) is 1. The van der Waals surface area contributed by atoms with Crippen molar-refractivity contribution in [2.45, 2.75) is 13.5 Å². The molecule has 0 aliphatic heterocycles. The maximum absolute atomic E-state index is 5.80. The lowest BCUT2D eigenvalue weighted by atomic mass is 10.1. The zero-order valence-electron chi connectivity index (χ0n) is 11.9. The molecule has 1 aromatic rings.